The van der Waals surface area contributed by atoms with Crippen molar-refractivity contribution in [2.75, 3.05) is 11.2 Å². The molecule has 5 nitrogen and oxygen atoms in total. The Balaban J connectivity index is 1.86. The third kappa shape index (κ3) is 4.73. The minimum absolute atomic E-state index is 0.128. The molecule has 0 amide bonds. The molecule has 1 aromatic heterocycles. The van der Waals surface area contributed by atoms with E-state index in [1.807, 2.05) is 65.6 Å². The average Bonchev–Trinajstić information content (AvgIpc) is 3.13. The van der Waals surface area contributed by atoms with Crippen molar-refractivity contribution in [2.45, 2.75) is 18.1 Å². The molecule has 0 saturated heterocycles. The molecule has 7 heteroatoms. The van der Waals surface area contributed by atoms with Crippen LogP contribution in [0.2, 0.25) is 0 Å². The average molecular weight is 450 g/mol. The maximum Gasteiger partial charge on any atom is 0.194 e. The Morgan fingerprint density at radius 2 is 1.34 bits per heavy atom. The Labute approximate surface area is 187 Å². The van der Waals surface area contributed by atoms with Gasteiger partial charge in [0.05, 0.1) is 0 Å². The molecule has 164 valence electrons. The van der Waals surface area contributed by atoms with Crippen molar-refractivity contribution in [3.05, 3.63) is 102 Å². The fourth-order valence-electron chi connectivity index (χ4n) is 3.76. The van der Waals surface area contributed by atoms with Crippen LogP contribution in [-0.2, 0) is 30.0 Å². The molecule has 0 fully saturated rings. The molecular weight excluding hydrogens is 425 g/mol. The van der Waals surface area contributed by atoms with Crippen LogP contribution < -0.4 is 4.90 Å². The van der Waals surface area contributed by atoms with Crippen LogP contribution in [0.4, 0.5) is 10.2 Å². The van der Waals surface area contributed by atoms with Gasteiger partial charge in [0.25, 0.3) is 0 Å². The van der Waals surface area contributed by atoms with Crippen LogP contribution in [0.25, 0.3) is 11.4 Å². The first-order valence-corrected chi connectivity index (χ1v) is 12.1. The second-order valence-electron chi connectivity index (χ2n) is 7.73. The normalized spacial score (nSPS) is 11.5. The van der Waals surface area contributed by atoms with Crippen LogP contribution >= 0.6 is 0 Å². The number of hydrogen-bond acceptors (Lipinski definition) is 4. The van der Waals surface area contributed by atoms with Crippen LogP contribution in [0, 0.1) is 5.82 Å². The van der Waals surface area contributed by atoms with Gasteiger partial charge in [-0.3, -0.25) is 0 Å². The molecule has 0 aliphatic rings. The summed E-state index contributed by atoms with van der Waals surface area (Å²) in [6, 6.07) is 25.6. The third-order valence-electron chi connectivity index (χ3n) is 5.21. The van der Waals surface area contributed by atoms with Crippen LogP contribution in [-0.4, -0.2) is 24.2 Å². The fraction of sp³-hybridized carbons (Fsp3) is 0.160. The topological polar surface area (TPSA) is 55.2 Å². The Kier molecular flexibility index (Phi) is 6.10. The van der Waals surface area contributed by atoms with E-state index in [1.165, 1.54) is 18.4 Å². The number of rotatable bonds is 7. The van der Waals surface area contributed by atoms with Crippen molar-refractivity contribution >= 4 is 15.7 Å². The summed E-state index contributed by atoms with van der Waals surface area (Å²) in [6.45, 7) is 0.969. The number of benzene rings is 3. The Hall–Kier alpha value is -3.45. The fourth-order valence-corrected chi connectivity index (χ4v) is 4.85. The highest BCUT2D eigenvalue weighted by atomic mass is 32.2. The standard InChI is InChI=1S/C25H24FN3O2S/c1-28-23(21-13-15-22(26)16-14-21)27-24(25(28)32(2,30)31)29(17-19-9-5-3-6-10-19)18-20-11-7-4-8-12-20/h3-16H,17-18H2,1-2H3. The second-order valence-corrected chi connectivity index (χ2v) is 9.66. The van der Waals surface area contributed by atoms with Crippen molar-refractivity contribution in [2.24, 2.45) is 7.05 Å². The van der Waals surface area contributed by atoms with E-state index >= 15 is 0 Å². The highest BCUT2D eigenvalue weighted by Crippen LogP contribution is 2.32. The van der Waals surface area contributed by atoms with Gasteiger partial charge >= 0.3 is 0 Å². The van der Waals surface area contributed by atoms with Gasteiger partial charge in [-0.2, -0.15) is 0 Å². The van der Waals surface area contributed by atoms with Crippen LogP contribution in [0.1, 0.15) is 11.1 Å². The number of anilines is 1. The third-order valence-corrected chi connectivity index (χ3v) is 6.37. The highest BCUT2D eigenvalue weighted by molar-refractivity contribution is 7.90. The van der Waals surface area contributed by atoms with E-state index in [4.69, 9.17) is 4.98 Å². The van der Waals surface area contributed by atoms with Crippen molar-refractivity contribution in [1.82, 2.24) is 9.55 Å². The van der Waals surface area contributed by atoms with E-state index < -0.39 is 9.84 Å². The van der Waals surface area contributed by atoms with E-state index in [-0.39, 0.29) is 10.8 Å². The largest absolute Gasteiger partial charge is 0.346 e. The highest BCUT2D eigenvalue weighted by Gasteiger charge is 2.27. The molecule has 0 spiro atoms. The van der Waals surface area contributed by atoms with Crippen LogP contribution in [0.3, 0.4) is 0 Å². The molecule has 1 heterocycles. The molecule has 0 bridgehead atoms. The molecule has 0 N–H and O–H groups in total. The predicted octanol–water partition coefficient (Wildman–Crippen LogP) is 4.84. The van der Waals surface area contributed by atoms with Crippen molar-refractivity contribution in [3.8, 4) is 11.4 Å². The summed E-state index contributed by atoms with van der Waals surface area (Å²) >= 11 is 0. The van der Waals surface area contributed by atoms with Gasteiger partial charge in [-0.1, -0.05) is 60.7 Å². The summed E-state index contributed by atoms with van der Waals surface area (Å²) < 4.78 is 40.7. The summed E-state index contributed by atoms with van der Waals surface area (Å²) in [5.41, 5.74) is 2.72. The summed E-state index contributed by atoms with van der Waals surface area (Å²) in [7, 11) is -1.93. The van der Waals surface area contributed by atoms with E-state index in [1.54, 1.807) is 23.7 Å². The van der Waals surface area contributed by atoms with Gasteiger partial charge in [0.15, 0.2) is 20.7 Å². The Morgan fingerprint density at radius 3 is 1.81 bits per heavy atom. The molecule has 0 aliphatic carbocycles. The van der Waals surface area contributed by atoms with Gasteiger partial charge in [-0.05, 0) is 35.4 Å². The number of halogens is 1. The first kappa shape index (κ1) is 21.8. The Morgan fingerprint density at radius 1 is 0.844 bits per heavy atom. The molecule has 4 rings (SSSR count). The number of sulfone groups is 1. The molecule has 3 aromatic carbocycles. The van der Waals surface area contributed by atoms with Crippen LogP contribution in [0.5, 0.6) is 0 Å². The van der Waals surface area contributed by atoms with Crippen molar-refractivity contribution in [1.29, 1.82) is 0 Å². The molecular formula is C25H24FN3O2S. The molecule has 0 atom stereocenters. The summed E-state index contributed by atoms with van der Waals surface area (Å²) in [5, 5.41) is 0.128. The zero-order chi connectivity index (χ0) is 22.7. The quantitative estimate of drug-likeness (QED) is 0.405. The van der Waals surface area contributed by atoms with Gasteiger partial charge < -0.3 is 9.47 Å². The second kappa shape index (κ2) is 8.96. The van der Waals surface area contributed by atoms with Gasteiger partial charge in [0, 0.05) is 32.0 Å². The maximum absolute atomic E-state index is 13.5. The van der Waals surface area contributed by atoms with Gasteiger partial charge in [-0.15, -0.1) is 0 Å². The van der Waals surface area contributed by atoms with E-state index in [0.29, 0.717) is 30.3 Å². The van der Waals surface area contributed by atoms with Gasteiger partial charge in [-0.25, -0.2) is 17.8 Å². The minimum atomic E-state index is -3.60. The molecule has 0 aliphatic heterocycles. The molecule has 4 aromatic rings. The lowest BCUT2D eigenvalue weighted by molar-refractivity contribution is 0.591. The summed E-state index contributed by atoms with van der Waals surface area (Å²) in [4.78, 5) is 6.72. The van der Waals surface area contributed by atoms with Gasteiger partial charge in [0.2, 0.25) is 0 Å². The van der Waals surface area contributed by atoms with E-state index in [9.17, 15) is 12.8 Å². The molecule has 0 saturated carbocycles. The van der Waals surface area contributed by atoms with E-state index in [2.05, 4.69) is 0 Å². The monoisotopic (exact) mass is 449 g/mol. The molecule has 0 unspecified atom stereocenters. The predicted molar refractivity (Wildman–Crippen MR) is 124 cm³/mol. The zero-order valence-corrected chi connectivity index (χ0v) is 18.8. The smallest absolute Gasteiger partial charge is 0.194 e. The Bertz CT molecular complexity index is 1260. The SMILES string of the molecule is Cn1c(-c2ccc(F)cc2)nc(N(Cc2ccccc2)Cc2ccccc2)c1S(C)(=O)=O. The lowest BCUT2D eigenvalue weighted by atomic mass is 10.1. The first-order chi connectivity index (χ1) is 15.3. The number of nitrogens with zero attached hydrogens (tertiary/aromatic N) is 3. The van der Waals surface area contributed by atoms with Crippen LogP contribution in [0.15, 0.2) is 90.0 Å². The summed E-state index contributed by atoms with van der Waals surface area (Å²) in [6.07, 6.45) is 1.19. The van der Waals surface area contributed by atoms with Crippen molar-refractivity contribution < 1.29 is 12.8 Å². The zero-order valence-electron chi connectivity index (χ0n) is 17.9. The molecule has 0 radical (unpaired) electrons. The summed E-state index contributed by atoms with van der Waals surface area (Å²) in [5.74, 6) is 0.481. The lowest BCUT2D eigenvalue weighted by Gasteiger charge is -2.24. The van der Waals surface area contributed by atoms with Crippen molar-refractivity contribution in [3.63, 3.8) is 0 Å². The molecule has 32 heavy (non-hydrogen) atoms. The maximum atomic E-state index is 13.5. The minimum Gasteiger partial charge on any atom is -0.346 e. The lowest BCUT2D eigenvalue weighted by Crippen LogP contribution is -2.24. The number of imidazole rings is 1. The first-order valence-electron chi connectivity index (χ1n) is 10.2. The number of hydrogen-bond donors (Lipinski definition) is 0. The van der Waals surface area contributed by atoms with E-state index in [0.717, 1.165) is 11.1 Å². The van der Waals surface area contributed by atoms with Gasteiger partial charge in [0.1, 0.15) is 11.6 Å². The number of aromatic nitrogens is 2.